The number of rotatable bonds is 5. The largest absolute Gasteiger partial charge is 0.435 e. The number of hydrogen-bond donors (Lipinski definition) is 1. The SMILES string of the molecule is Cc1noc2ncc(NC(=O)Cc3cccc(OC(F)F)c3)cc12. The molecule has 0 radical (unpaired) electrons. The molecule has 1 aromatic carbocycles. The highest BCUT2D eigenvalue weighted by molar-refractivity contribution is 5.94. The molecule has 0 aliphatic rings. The summed E-state index contributed by atoms with van der Waals surface area (Å²) >= 11 is 0. The number of benzene rings is 1. The molecule has 1 amide bonds. The van der Waals surface area contributed by atoms with E-state index in [1.165, 1.54) is 18.3 Å². The number of alkyl halides is 2. The monoisotopic (exact) mass is 333 g/mol. The van der Waals surface area contributed by atoms with Gasteiger partial charge in [-0.3, -0.25) is 4.79 Å². The van der Waals surface area contributed by atoms with Crippen LogP contribution in [0.5, 0.6) is 5.75 Å². The first kappa shape index (κ1) is 15.9. The number of ether oxygens (including phenoxy) is 1. The van der Waals surface area contributed by atoms with Crippen molar-refractivity contribution in [2.45, 2.75) is 20.0 Å². The van der Waals surface area contributed by atoms with Crippen molar-refractivity contribution in [2.75, 3.05) is 5.32 Å². The summed E-state index contributed by atoms with van der Waals surface area (Å²) in [5, 5.41) is 7.20. The number of pyridine rings is 1. The molecule has 0 aliphatic heterocycles. The van der Waals surface area contributed by atoms with Crippen LogP contribution in [0.2, 0.25) is 0 Å². The lowest BCUT2D eigenvalue weighted by molar-refractivity contribution is -0.115. The predicted molar refractivity (Wildman–Crippen MR) is 81.9 cm³/mol. The minimum absolute atomic E-state index is 0.0125. The smallest absolute Gasteiger partial charge is 0.387 e. The lowest BCUT2D eigenvalue weighted by Gasteiger charge is -2.07. The first-order valence-electron chi connectivity index (χ1n) is 7.07. The maximum absolute atomic E-state index is 12.2. The van der Waals surface area contributed by atoms with Crippen molar-refractivity contribution in [3.05, 3.63) is 47.8 Å². The van der Waals surface area contributed by atoms with E-state index in [0.29, 0.717) is 28.0 Å². The Bertz CT molecular complexity index is 880. The lowest BCUT2D eigenvalue weighted by Crippen LogP contribution is -2.14. The van der Waals surface area contributed by atoms with E-state index in [-0.39, 0.29) is 18.1 Å². The average molecular weight is 333 g/mol. The van der Waals surface area contributed by atoms with Crippen molar-refractivity contribution in [1.29, 1.82) is 0 Å². The summed E-state index contributed by atoms with van der Waals surface area (Å²) in [5.41, 5.74) is 2.12. The normalized spacial score (nSPS) is 11.0. The Kier molecular flexibility index (Phi) is 4.37. The number of nitrogens with zero attached hydrogens (tertiary/aromatic N) is 2. The van der Waals surface area contributed by atoms with Crippen molar-refractivity contribution < 1.29 is 22.8 Å². The second-order valence-electron chi connectivity index (χ2n) is 5.10. The zero-order chi connectivity index (χ0) is 17.1. The van der Waals surface area contributed by atoms with Crippen LogP contribution in [0.4, 0.5) is 14.5 Å². The van der Waals surface area contributed by atoms with Crippen LogP contribution in [0.3, 0.4) is 0 Å². The van der Waals surface area contributed by atoms with Crippen LogP contribution in [-0.2, 0) is 11.2 Å². The van der Waals surface area contributed by atoms with E-state index in [2.05, 4.69) is 20.2 Å². The number of amides is 1. The van der Waals surface area contributed by atoms with Gasteiger partial charge >= 0.3 is 6.61 Å². The van der Waals surface area contributed by atoms with Crippen LogP contribution < -0.4 is 10.1 Å². The number of nitrogens with one attached hydrogen (secondary N) is 1. The van der Waals surface area contributed by atoms with Crippen LogP contribution in [0.15, 0.2) is 41.1 Å². The molecule has 0 atom stereocenters. The molecule has 6 nitrogen and oxygen atoms in total. The Labute approximate surface area is 135 Å². The molecular weight excluding hydrogens is 320 g/mol. The molecule has 3 rings (SSSR count). The number of anilines is 1. The van der Waals surface area contributed by atoms with Gasteiger partial charge in [-0.1, -0.05) is 17.3 Å². The number of aromatic nitrogens is 2. The number of aryl methyl sites for hydroxylation is 1. The first-order valence-corrected chi connectivity index (χ1v) is 7.07. The van der Waals surface area contributed by atoms with Crippen molar-refractivity contribution in [3.8, 4) is 5.75 Å². The number of hydrogen-bond acceptors (Lipinski definition) is 5. The molecule has 2 aromatic heterocycles. The Morgan fingerprint density at radius 3 is 3.00 bits per heavy atom. The highest BCUT2D eigenvalue weighted by Gasteiger charge is 2.10. The molecule has 0 aliphatic carbocycles. The van der Waals surface area contributed by atoms with Gasteiger partial charge in [-0.05, 0) is 30.7 Å². The molecule has 0 unspecified atom stereocenters. The molecule has 0 spiro atoms. The fourth-order valence-electron chi connectivity index (χ4n) is 2.24. The fourth-order valence-corrected chi connectivity index (χ4v) is 2.24. The Balaban J connectivity index is 1.69. The van der Waals surface area contributed by atoms with E-state index in [9.17, 15) is 13.6 Å². The third-order valence-corrected chi connectivity index (χ3v) is 3.28. The van der Waals surface area contributed by atoms with E-state index in [1.807, 2.05) is 0 Å². The summed E-state index contributed by atoms with van der Waals surface area (Å²) < 4.78 is 33.7. The van der Waals surface area contributed by atoms with Gasteiger partial charge in [0.2, 0.25) is 5.91 Å². The van der Waals surface area contributed by atoms with Crippen LogP contribution in [-0.4, -0.2) is 22.7 Å². The number of fused-ring (bicyclic) bond motifs is 1. The Morgan fingerprint density at radius 1 is 1.38 bits per heavy atom. The number of carbonyl (C=O) groups excluding carboxylic acids is 1. The van der Waals surface area contributed by atoms with E-state index < -0.39 is 6.61 Å². The second kappa shape index (κ2) is 6.61. The van der Waals surface area contributed by atoms with Crippen molar-refractivity contribution in [2.24, 2.45) is 0 Å². The van der Waals surface area contributed by atoms with Gasteiger partial charge in [0.1, 0.15) is 5.75 Å². The highest BCUT2D eigenvalue weighted by atomic mass is 19.3. The van der Waals surface area contributed by atoms with E-state index in [4.69, 9.17) is 4.52 Å². The molecule has 24 heavy (non-hydrogen) atoms. The van der Waals surface area contributed by atoms with E-state index >= 15 is 0 Å². The molecule has 3 aromatic rings. The summed E-state index contributed by atoms with van der Waals surface area (Å²) in [4.78, 5) is 16.2. The van der Waals surface area contributed by atoms with Gasteiger partial charge in [0.05, 0.1) is 29.4 Å². The lowest BCUT2D eigenvalue weighted by atomic mass is 10.1. The highest BCUT2D eigenvalue weighted by Crippen LogP contribution is 2.20. The average Bonchev–Trinajstić information content (AvgIpc) is 2.88. The fraction of sp³-hybridized carbons (Fsp3) is 0.188. The molecular formula is C16H13F2N3O3. The third-order valence-electron chi connectivity index (χ3n) is 3.28. The molecule has 0 fully saturated rings. The van der Waals surface area contributed by atoms with Crippen LogP contribution in [0.25, 0.3) is 11.1 Å². The maximum Gasteiger partial charge on any atom is 0.387 e. The summed E-state index contributed by atoms with van der Waals surface area (Å²) in [6, 6.07) is 7.72. The standard InChI is InChI=1S/C16H13F2N3O3/c1-9-13-7-11(8-19-15(13)24-21-9)20-14(22)6-10-3-2-4-12(5-10)23-16(17)18/h2-5,7-8,16H,6H2,1H3,(H,20,22). The molecule has 0 bridgehead atoms. The van der Waals surface area contributed by atoms with Gasteiger partial charge in [-0.2, -0.15) is 8.78 Å². The number of carbonyl (C=O) groups is 1. The topological polar surface area (TPSA) is 77.3 Å². The summed E-state index contributed by atoms with van der Waals surface area (Å²) in [6.07, 6.45) is 1.47. The molecule has 1 N–H and O–H groups in total. The minimum Gasteiger partial charge on any atom is -0.435 e. The van der Waals surface area contributed by atoms with Gasteiger partial charge in [0, 0.05) is 0 Å². The van der Waals surface area contributed by atoms with Crippen LogP contribution in [0, 0.1) is 6.92 Å². The van der Waals surface area contributed by atoms with Gasteiger partial charge in [-0.25, -0.2) is 4.98 Å². The molecule has 0 saturated carbocycles. The zero-order valence-electron chi connectivity index (χ0n) is 12.6. The van der Waals surface area contributed by atoms with Gasteiger partial charge in [-0.15, -0.1) is 0 Å². The van der Waals surface area contributed by atoms with Gasteiger partial charge < -0.3 is 14.6 Å². The van der Waals surface area contributed by atoms with Crippen molar-refractivity contribution in [3.63, 3.8) is 0 Å². The molecule has 2 heterocycles. The molecule has 8 heteroatoms. The zero-order valence-corrected chi connectivity index (χ0v) is 12.6. The van der Waals surface area contributed by atoms with Crippen molar-refractivity contribution >= 4 is 22.7 Å². The van der Waals surface area contributed by atoms with Crippen molar-refractivity contribution in [1.82, 2.24) is 10.1 Å². The third kappa shape index (κ3) is 3.65. The number of halogens is 2. The quantitative estimate of drug-likeness (QED) is 0.775. The molecule has 0 saturated heterocycles. The second-order valence-corrected chi connectivity index (χ2v) is 5.10. The van der Waals surface area contributed by atoms with E-state index in [1.54, 1.807) is 25.1 Å². The predicted octanol–water partition coefficient (Wildman–Crippen LogP) is 3.31. The van der Waals surface area contributed by atoms with Crippen LogP contribution >= 0.6 is 0 Å². The Morgan fingerprint density at radius 2 is 2.21 bits per heavy atom. The maximum atomic E-state index is 12.2. The van der Waals surface area contributed by atoms with Gasteiger partial charge in [0.25, 0.3) is 5.71 Å². The summed E-state index contributed by atoms with van der Waals surface area (Å²) in [5.74, 6) is -0.294. The van der Waals surface area contributed by atoms with Crippen LogP contribution in [0.1, 0.15) is 11.3 Å². The Hall–Kier alpha value is -3.03. The first-order chi connectivity index (χ1) is 11.5. The summed E-state index contributed by atoms with van der Waals surface area (Å²) in [6.45, 7) is -1.13. The minimum atomic E-state index is -2.90. The summed E-state index contributed by atoms with van der Waals surface area (Å²) in [7, 11) is 0. The van der Waals surface area contributed by atoms with Gasteiger partial charge in [0.15, 0.2) is 0 Å². The molecule has 124 valence electrons. The van der Waals surface area contributed by atoms with E-state index in [0.717, 1.165) is 0 Å².